The van der Waals surface area contributed by atoms with Gasteiger partial charge in [0.05, 0.1) is 13.2 Å². The second-order valence-electron chi connectivity index (χ2n) is 5.82. The van der Waals surface area contributed by atoms with Crippen LogP contribution < -0.4 is 0 Å². The molecule has 0 spiro atoms. The average molecular weight is 294 g/mol. The summed E-state index contributed by atoms with van der Waals surface area (Å²) in [6.45, 7) is 8.39. The molecule has 1 atom stereocenters. The highest BCUT2D eigenvalue weighted by atomic mass is 16.5. The summed E-state index contributed by atoms with van der Waals surface area (Å²) in [6, 6.07) is 2.25. The number of hydrogen-bond donors (Lipinski definition) is 1. The van der Waals surface area contributed by atoms with E-state index in [0.717, 1.165) is 51.5 Å². The number of aromatic carboxylic acids is 1. The number of rotatable bonds is 4. The van der Waals surface area contributed by atoms with Gasteiger partial charge in [-0.05, 0) is 19.4 Å². The number of furan rings is 1. The molecule has 0 aliphatic carbocycles. The highest BCUT2D eigenvalue weighted by Gasteiger charge is 2.29. The SMILES string of the molecule is Cc1oc(C(=O)O)cc1CN1CCC(N2CCOCC2)C1. The fourth-order valence-corrected chi connectivity index (χ4v) is 3.22. The topological polar surface area (TPSA) is 66.2 Å². The summed E-state index contributed by atoms with van der Waals surface area (Å²) in [5.74, 6) is -0.259. The van der Waals surface area contributed by atoms with Crippen LogP contribution in [0, 0.1) is 6.92 Å². The first-order valence-electron chi connectivity index (χ1n) is 7.50. The normalized spacial score (nSPS) is 24.5. The van der Waals surface area contributed by atoms with E-state index in [1.807, 2.05) is 6.92 Å². The Morgan fingerprint density at radius 3 is 2.81 bits per heavy atom. The maximum Gasteiger partial charge on any atom is 0.371 e. The van der Waals surface area contributed by atoms with Crippen molar-refractivity contribution in [3.8, 4) is 0 Å². The lowest BCUT2D eigenvalue weighted by Crippen LogP contribution is -2.44. The van der Waals surface area contributed by atoms with Gasteiger partial charge >= 0.3 is 5.97 Å². The van der Waals surface area contributed by atoms with E-state index < -0.39 is 5.97 Å². The number of nitrogens with zero attached hydrogens (tertiary/aromatic N) is 2. The molecule has 21 heavy (non-hydrogen) atoms. The zero-order chi connectivity index (χ0) is 14.8. The zero-order valence-electron chi connectivity index (χ0n) is 12.4. The minimum absolute atomic E-state index is 0.0337. The number of likely N-dealkylation sites (tertiary alicyclic amines) is 1. The second kappa shape index (κ2) is 6.17. The molecule has 3 heterocycles. The average Bonchev–Trinajstić information content (AvgIpc) is 3.08. The molecule has 0 amide bonds. The van der Waals surface area contributed by atoms with Crippen LogP contribution in [0.2, 0.25) is 0 Å². The molecule has 1 unspecified atom stereocenters. The van der Waals surface area contributed by atoms with E-state index in [9.17, 15) is 4.79 Å². The predicted molar refractivity (Wildman–Crippen MR) is 76.5 cm³/mol. The third-order valence-corrected chi connectivity index (χ3v) is 4.43. The van der Waals surface area contributed by atoms with Crippen LogP contribution >= 0.6 is 0 Å². The van der Waals surface area contributed by atoms with Gasteiger partial charge < -0.3 is 14.3 Å². The molecule has 1 aromatic heterocycles. The Kier molecular flexibility index (Phi) is 4.28. The zero-order valence-corrected chi connectivity index (χ0v) is 12.4. The molecule has 0 saturated carbocycles. The number of carboxylic acid groups (broad SMARTS) is 1. The van der Waals surface area contributed by atoms with Gasteiger partial charge in [-0.15, -0.1) is 0 Å². The summed E-state index contributed by atoms with van der Waals surface area (Å²) in [5, 5.41) is 8.97. The minimum atomic E-state index is -1.00. The molecule has 116 valence electrons. The van der Waals surface area contributed by atoms with Gasteiger partial charge in [-0.3, -0.25) is 9.80 Å². The summed E-state index contributed by atoms with van der Waals surface area (Å²) in [5.41, 5.74) is 0.982. The number of aryl methyl sites for hydroxylation is 1. The molecule has 2 fully saturated rings. The van der Waals surface area contributed by atoms with E-state index in [0.29, 0.717) is 11.8 Å². The van der Waals surface area contributed by atoms with E-state index in [1.165, 1.54) is 6.42 Å². The monoisotopic (exact) mass is 294 g/mol. The molecular formula is C15H22N2O4. The van der Waals surface area contributed by atoms with Crippen molar-refractivity contribution < 1.29 is 19.1 Å². The third-order valence-electron chi connectivity index (χ3n) is 4.43. The Balaban J connectivity index is 1.58. The van der Waals surface area contributed by atoms with Gasteiger partial charge in [0.15, 0.2) is 0 Å². The number of morpholine rings is 1. The fraction of sp³-hybridized carbons (Fsp3) is 0.667. The summed E-state index contributed by atoms with van der Waals surface area (Å²) >= 11 is 0. The Labute approximate surface area is 124 Å². The van der Waals surface area contributed by atoms with E-state index in [4.69, 9.17) is 14.3 Å². The molecule has 0 radical (unpaired) electrons. The Morgan fingerprint density at radius 2 is 2.14 bits per heavy atom. The van der Waals surface area contributed by atoms with Gasteiger partial charge in [-0.1, -0.05) is 0 Å². The molecule has 2 saturated heterocycles. The van der Waals surface area contributed by atoms with E-state index >= 15 is 0 Å². The van der Waals surface area contributed by atoms with Crippen molar-refractivity contribution in [2.24, 2.45) is 0 Å². The lowest BCUT2D eigenvalue weighted by atomic mass is 10.2. The molecule has 0 bridgehead atoms. The Bertz CT molecular complexity index is 508. The first-order valence-corrected chi connectivity index (χ1v) is 7.50. The van der Waals surface area contributed by atoms with Crippen molar-refractivity contribution in [3.05, 3.63) is 23.2 Å². The van der Waals surface area contributed by atoms with Crippen LogP contribution in [-0.4, -0.2) is 66.3 Å². The van der Waals surface area contributed by atoms with Gasteiger partial charge in [0.25, 0.3) is 0 Å². The molecule has 0 aromatic carbocycles. The fourth-order valence-electron chi connectivity index (χ4n) is 3.22. The molecule has 1 aromatic rings. The van der Waals surface area contributed by atoms with Crippen LogP contribution in [0.5, 0.6) is 0 Å². The molecule has 1 N–H and O–H groups in total. The van der Waals surface area contributed by atoms with Crippen molar-refractivity contribution in [1.82, 2.24) is 9.80 Å². The summed E-state index contributed by atoms with van der Waals surface area (Å²) < 4.78 is 10.7. The van der Waals surface area contributed by atoms with E-state index in [2.05, 4.69) is 9.80 Å². The Morgan fingerprint density at radius 1 is 1.38 bits per heavy atom. The maximum atomic E-state index is 10.9. The van der Waals surface area contributed by atoms with Crippen molar-refractivity contribution in [2.45, 2.75) is 25.9 Å². The van der Waals surface area contributed by atoms with Crippen LogP contribution in [0.25, 0.3) is 0 Å². The van der Waals surface area contributed by atoms with Gasteiger partial charge in [0.2, 0.25) is 5.76 Å². The minimum Gasteiger partial charge on any atom is -0.475 e. The quantitative estimate of drug-likeness (QED) is 0.900. The number of carbonyl (C=O) groups is 1. The third kappa shape index (κ3) is 3.28. The molecule has 6 nitrogen and oxygen atoms in total. The molecule has 2 aliphatic rings. The lowest BCUT2D eigenvalue weighted by Gasteiger charge is -2.32. The van der Waals surface area contributed by atoms with Crippen molar-refractivity contribution in [3.63, 3.8) is 0 Å². The molecule has 6 heteroatoms. The maximum absolute atomic E-state index is 10.9. The van der Waals surface area contributed by atoms with Crippen LogP contribution in [0.3, 0.4) is 0 Å². The van der Waals surface area contributed by atoms with Gasteiger partial charge in [0.1, 0.15) is 5.76 Å². The van der Waals surface area contributed by atoms with Crippen molar-refractivity contribution >= 4 is 5.97 Å². The van der Waals surface area contributed by atoms with E-state index in [1.54, 1.807) is 6.07 Å². The van der Waals surface area contributed by atoms with Gasteiger partial charge in [-0.2, -0.15) is 0 Å². The predicted octanol–water partition coefficient (Wildman–Crippen LogP) is 1.19. The number of hydrogen-bond acceptors (Lipinski definition) is 5. The van der Waals surface area contributed by atoms with Crippen LogP contribution in [-0.2, 0) is 11.3 Å². The van der Waals surface area contributed by atoms with Gasteiger partial charge in [0, 0.05) is 44.3 Å². The Hall–Kier alpha value is -1.37. The van der Waals surface area contributed by atoms with E-state index in [-0.39, 0.29) is 5.76 Å². The summed E-state index contributed by atoms with van der Waals surface area (Å²) in [4.78, 5) is 15.8. The largest absolute Gasteiger partial charge is 0.475 e. The van der Waals surface area contributed by atoms with Crippen molar-refractivity contribution in [2.75, 3.05) is 39.4 Å². The van der Waals surface area contributed by atoms with Gasteiger partial charge in [-0.25, -0.2) is 4.79 Å². The second-order valence-corrected chi connectivity index (χ2v) is 5.82. The number of ether oxygens (including phenoxy) is 1. The van der Waals surface area contributed by atoms with Crippen LogP contribution in [0.1, 0.15) is 28.3 Å². The lowest BCUT2D eigenvalue weighted by molar-refractivity contribution is 0.0183. The molecular weight excluding hydrogens is 272 g/mol. The molecule has 2 aliphatic heterocycles. The standard InChI is InChI=1S/C15H22N2O4/c1-11-12(8-14(21-11)15(18)19)9-16-3-2-13(10-16)17-4-6-20-7-5-17/h8,13H,2-7,9-10H2,1H3,(H,18,19). The molecule has 3 rings (SSSR count). The first-order chi connectivity index (χ1) is 10.1. The van der Waals surface area contributed by atoms with Crippen LogP contribution in [0.4, 0.5) is 0 Å². The first kappa shape index (κ1) is 14.6. The van der Waals surface area contributed by atoms with Crippen LogP contribution in [0.15, 0.2) is 10.5 Å². The smallest absolute Gasteiger partial charge is 0.371 e. The highest BCUT2D eigenvalue weighted by Crippen LogP contribution is 2.22. The highest BCUT2D eigenvalue weighted by molar-refractivity contribution is 5.84. The summed E-state index contributed by atoms with van der Waals surface area (Å²) in [6.07, 6.45) is 1.17. The summed E-state index contributed by atoms with van der Waals surface area (Å²) in [7, 11) is 0. The number of carboxylic acids is 1. The van der Waals surface area contributed by atoms with Crippen molar-refractivity contribution in [1.29, 1.82) is 0 Å².